The molecule has 0 saturated heterocycles. The summed E-state index contributed by atoms with van der Waals surface area (Å²) in [5.41, 5.74) is 10.1. The maximum atomic E-state index is 13.7. The highest BCUT2D eigenvalue weighted by atomic mass is 19.1. The molecule has 3 rings (SSSR count). The molecule has 2 N–H and O–H groups in total. The van der Waals surface area contributed by atoms with Gasteiger partial charge in [-0.25, -0.2) is 9.37 Å². The largest absolute Gasteiger partial charge is 0.436 e. The Bertz CT molecular complexity index is 777. The second kappa shape index (κ2) is 4.09. The zero-order valence-corrected chi connectivity index (χ0v) is 10.7. The van der Waals surface area contributed by atoms with E-state index in [9.17, 15) is 4.39 Å². The van der Waals surface area contributed by atoms with Crippen molar-refractivity contribution in [1.29, 1.82) is 0 Å². The standard InChI is InChI=1S/C15H13FN2O/c1-8-7-12-14(9(2)13(8)17)18-15(19-12)10-5-3-4-6-11(10)16/h3-7H,17H2,1-2H3. The molecule has 0 radical (unpaired) electrons. The third-order valence-corrected chi connectivity index (χ3v) is 3.29. The van der Waals surface area contributed by atoms with Crippen LogP contribution in [0.3, 0.4) is 0 Å². The molecule has 3 aromatic rings. The molecule has 0 aliphatic heterocycles. The number of hydrogen-bond donors (Lipinski definition) is 1. The molecule has 1 aromatic heterocycles. The summed E-state index contributed by atoms with van der Waals surface area (Å²) >= 11 is 0. The molecule has 0 saturated carbocycles. The van der Waals surface area contributed by atoms with Crippen molar-refractivity contribution in [2.75, 3.05) is 5.73 Å². The van der Waals surface area contributed by atoms with Crippen LogP contribution < -0.4 is 5.73 Å². The van der Waals surface area contributed by atoms with Crippen LogP contribution in [0, 0.1) is 19.7 Å². The smallest absolute Gasteiger partial charge is 0.230 e. The molecule has 0 amide bonds. The fourth-order valence-electron chi connectivity index (χ4n) is 2.15. The topological polar surface area (TPSA) is 52.0 Å². The van der Waals surface area contributed by atoms with Gasteiger partial charge in [0.1, 0.15) is 11.3 Å². The summed E-state index contributed by atoms with van der Waals surface area (Å²) in [4.78, 5) is 4.36. The number of anilines is 1. The number of nitrogens with two attached hydrogens (primary N) is 1. The van der Waals surface area contributed by atoms with Crippen molar-refractivity contribution < 1.29 is 8.81 Å². The van der Waals surface area contributed by atoms with Gasteiger partial charge in [0.15, 0.2) is 5.58 Å². The zero-order chi connectivity index (χ0) is 13.6. The molecule has 0 atom stereocenters. The minimum atomic E-state index is -0.351. The van der Waals surface area contributed by atoms with Crippen LogP contribution in [-0.4, -0.2) is 4.98 Å². The number of benzene rings is 2. The molecule has 0 aliphatic carbocycles. The molecule has 0 unspecified atom stereocenters. The molecule has 4 heteroatoms. The highest BCUT2D eigenvalue weighted by molar-refractivity contribution is 5.85. The van der Waals surface area contributed by atoms with Crippen LogP contribution in [0.4, 0.5) is 10.1 Å². The fraction of sp³-hybridized carbons (Fsp3) is 0.133. The van der Waals surface area contributed by atoms with Crippen LogP contribution in [0.1, 0.15) is 11.1 Å². The maximum absolute atomic E-state index is 13.7. The first-order chi connectivity index (χ1) is 9.08. The molecular formula is C15H13FN2O. The van der Waals surface area contributed by atoms with Crippen LogP contribution in [0.25, 0.3) is 22.6 Å². The van der Waals surface area contributed by atoms with Crippen LogP contribution in [0.5, 0.6) is 0 Å². The SMILES string of the molecule is Cc1cc2oc(-c3ccccc3F)nc2c(C)c1N. The minimum Gasteiger partial charge on any atom is -0.436 e. The van der Waals surface area contributed by atoms with Gasteiger partial charge in [0.05, 0.1) is 5.56 Å². The molecule has 0 bridgehead atoms. The Hall–Kier alpha value is -2.36. The van der Waals surface area contributed by atoms with Gasteiger partial charge in [-0.15, -0.1) is 0 Å². The number of nitrogens with zero attached hydrogens (tertiary/aromatic N) is 1. The summed E-state index contributed by atoms with van der Waals surface area (Å²) < 4.78 is 19.4. The second-order valence-corrected chi connectivity index (χ2v) is 4.58. The molecule has 0 aliphatic rings. The third kappa shape index (κ3) is 1.76. The van der Waals surface area contributed by atoms with Crippen molar-refractivity contribution in [1.82, 2.24) is 4.98 Å². The van der Waals surface area contributed by atoms with Crippen molar-refractivity contribution in [2.45, 2.75) is 13.8 Å². The summed E-state index contributed by atoms with van der Waals surface area (Å²) in [5, 5.41) is 0. The van der Waals surface area contributed by atoms with Crippen LogP contribution in [0.2, 0.25) is 0 Å². The number of oxazole rings is 1. The van der Waals surface area contributed by atoms with Gasteiger partial charge in [0, 0.05) is 11.3 Å². The molecule has 3 nitrogen and oxygen atoms in total. The van der Waals surface area contributed by atoms with Gasteiger partial charge < -0.3 is 10.2 Å². The van der Waals surface area contributed by atoms with Gasteiger partial charge in [-0.2, -0.15) is 0 Å². The summed E-state index contributed by atoms with van der Waals surface area (Å²) in [5.74, 6) is -0.0717. The molecule has 0 spiro atoms. The van der Waals surface area contributed by atoms with Crippen molar-refractivity contribution in [3.05, 3.63) is 47.3 Å². The molecule has 0 fully saturated rings. The monoisotopic (exact) mass is 256 g/mol. The number of rotatable bonds is 1. The predicted octanol–water partition coefficient (Wildman–Crippen LogP) is 3.83. The Morgan fingerprint density at radius 2 is 1.95 bits per heavy atom. The van der Waals surface area contributed by atoms with Crippen LogP contribution in [-0.2, 0) is 0 Å². The third-order valence-electron chi connectivity index (χ3n) is 3.29. The number of hydrogen-bond acceptors (Lipinski definition) is 3. The lowest BCUT2D eigenvalue weighted by atomic mass is 10.1. The number of aromatic nitrogens is 1. The van der Waals surface area contributed by atoms with Gasteiger partial charge in [-0.1, -0.05) is 12.1 Å². The van der Waals surface area contributed by atoms with E-state index in [-0.39, 0.29) is 11.7 Å². The van der Waals surface area contributed by atoms with E-state index >= 15 is 0 Å². The van der Waals surface area contributed by atoms with E-state index in [4.69, 9.17) is 10.2 Å². The molecular weight excluding hydrogens is 243 g/mol. The lowest BCUT2D eigenvalue weighted by molar-refractivity contribution is 0.593. The first kappa shape index (κ1) is 11.7. The fourth-order valence-corrected chi connectivity index (χ4v) is 2.15. The first-order valence-electron chi connectivity index (χ1n) is 5.99. The average Bonchev–Trinajstić information content (AvgIpc) is 2.80. The van der Waals surface area contributed by atoms with Crippen molar-refractivity contribution in [2.24, 2.45) is 0 Å². The molecule has 96 valence electrons. The number of fused-ring (bicyclic) bond motifs is 1. The molecule has 19 heavy (non-hydrogen) atoms. The highest BCUT2D eigenvalue weighted by Crippen LogP contribution is 2.31. The Balaban J connectivity index is 2.29. The quantitative estimate of drug-likeness (QED) is 0.673. The summed E-state index contributed by atoms with van der Waals surface area (Å²) in [6, 6.07) is 8.24. The van der Waals surface area contributed by atoms with Crippen molar-refractivity contribution in [3.8, 4) is 11.5 Å². The van der Waals surface area contributed by atoms with E-state index in [1.54, 1.807) is 18.2 Å². The van der Waals surface area contributed by atoms with E-state index in [0.29, 0.717) is 22.4 Å². The van der Waals surface area contributed by atoms with Crippen molar-refractivity contribution >= 4 is 16.8 Å². The van der Waals surface area contributed by atoms with Gasteiger partial charge in [0.2, 0.25) is 5.89 Å². The lowest BCUT2D eigenvalue weighted by Gasteiger charge is -2.02. The Labute approximate surface area is 109 Å². The minimum absolute atomic E-state index is 0.279. The van der Waals surface area contributed by atoms with Gasteiger partial charge in [-0.05, 0) is 37.6 Å². The van der Waals surface area contributed by atoms with Gasteiger partial charge >= 0.3 is 0 Å². The highest BCUT2D eigenvalue weighted by Gasteiger charge is 2.15. The van der Waals surface area contributed by atoms with E-state index in [1.807, 2.05) is 19.9 Å². The first-order valence-corrected chi connectivity index (χ1v) is 5.99. The maximum Gasteiger partial charge on any atom is 0.230 e. The number of aryl methyl sites for hydroxylation is 2. The Morgan fingerprint density at radius 3 is 2.68 bits per heavy atom. The van der Waals surface area contributed by atoms with E-state index < -0.39 is 0 Å². The van der Waals surface area contributed by atoms with E-state index in [1.165, 1.54) is 6.07 Å². The zero-order valence-electron chi connectivity index (χ0n) is 10.7. The second-order valence-electron chi connectivity index (χ2n) is 4.58. The van der Waals surface area contributed by atoms with E-state index in [0.717, 1.165) is 11.1 Å². The molecule has 1 heterocycles. The van der Waals surface area contributed by atoms with Crippen LogP contribution >= 0.6 is 0 Å². The lowest BCUT2D eigenvalue weighted by Crippen LogP contribution is -1.93. The summed E-state index contributed by atoms with van der Waals surface area (Å²) in [6.45, 7) is 3.80. The summed E-state index contributed by atoms with van der Waals surface area (Å²) in [7, 11) is 0. The van der Waals surface area contributed by atoms with Crippen molar-refractivity contribution in [3.63, 3.8) is 0 Å². The van der Waals surface area contributed by atoms with Crippen LogP contribution in [0.15, 0.2) is 34.7 Å². The van der Waals surface area contributed by atoms with Gasteiger partial charge in [-0.3, -0.25) is 0 Å². The molecule has 2 aromatic carbocycles. The average molecular weight is 256 g/mol. The summed E-state index contributed by atoms with van der Waals surface area (Å²) in [6.07, 6.45) is 0. The predicted molar refractivity (Wildman–Crippen MR) is 73.3 cm³/mol. The Kier molecular flexibility index (Phi) is 2.52. The number of nitrogen functional groups attached to an aromatic ring is 1. The Morgan fingerprint density at radius 1 is 1.21 bits per heavy atom. The normalized spacial score (nSPS) is 11.1. The van der Waals surface area contributed by atoms with E-state index in [2.05, 4.69) is 4.98 Å². The number of halogens is 1. The van der Waals surface area contributed by atoms with Gasteiger partial charge in [0.25, 0.3) is 0 Å².